The van der Waals surface area contributed by atoms with Crippen LogP contribution in [0.15, 0.2) is 0 Å². The minimum absolute atomic E-state index is 0.330. The van der Waals surface area contributed by atoms with Gasteiger partial charge >= 0.3 is 0 Å². The summed E-state index contributed by atoms with van der Waals surface area (Å²) in [5.74, 6) is 0. The first-order chi connectivity index (χ1) is 8.97. The molecular formula is C16H31BrN2. The van der Waals surface area contributed by atoms with Gasteiger partial charge in [0.15, 0.2) is 0 Å². The van der Waals surface area contributed by atoms with E-state index in [1.807, 2.05) is 0 Å². The number of rotatable bonds is 3. The molecule has 1 saturated heterocycles. The highest BCUT2D eigenvalue weighted by Gasteiger charge is 2.36. The molecule has 2 nitrogen and oxygen atoms in total. The number of likely N-dealkylation sites (N-methyl/N-ethyl adjacent to an activating group) is 1. The number of nitrogens with zero attached hydrogens (tertiary/aromatic N) is 2. The Balaban J connectivity index is 1.98. The van der Waals surface area contributed by atoms with E-state index in [2.05, 4.69) is 46.6 Å². The average molecular weight is 331 g/mol. The second-order valence-electron chi connectivity index (χ2n) is 7.49. The third-order valence-corrected chi connectivity index (χ3v) is 6.59. The standard InChI is InChI=1S/C16H31BrN2/c1-15(2)13-19(11-10-18(15)3)14-16(12-17)8-6-4-5-7-9-16/h4-14H2,1-3H3. The molecule has 0 bridgehead atoms. The SMILES string of the molecule is CN1CCN(CC2(CBr)CCCCCC2)CC1(C)C. The Labute approximate surface area is 128 Å². The summed E-state index contributed by atoms with van der Waals surface area (Å²) in [7, 11) is 2.27. The van der Waals surface area contributed by atoms with E-state index in [0.717, 1.165) is 0 Å². The van der Waals surface area contributed by atoms with E-state index in [1.54, 1.807) is 0 Å². The molecule has 0 N–H and O–H groups in total. The van der Waals surface area contributed by atoms with Crippen molar-refractivity contribution in [3.05, 3.63) is 0 Å². The van der Waals surface area contributed by atoms with Gasteiger partial charge in [-0.05, 0) is 39.2 Å². The van der Waals surface area contributed by atoms with Gasteiger partial charge in [-0.25, -0.2) is 0 Å². The van der Waals surface area contributed by atoms with Crippen molar-refractivity contribution in [3.8, 4) is 0 Å². The fourth-order valence-electron chi connectivity index (χ4n) is 3.76. The van der Waals surface area contributed by atoms with Crippen LogP contribution in [-0.4, -0.2) is 53.9 Å². The lowest BCUT2D eigenvalue weighted by Gasteiger charge is -2.48. The van der Waals surface area contributed by atoms with Crippen molar-refractivity contribution in [2.24, 2.45) is 5.41 Å². The van der Waals surface area contributed by atoms with Gasteiger partial charge in [-0.3, -0.25) is 9.80 Å². The van der Waals surface area contributed by atoms with Gasteiger partial charge in [-0.1, -0.05) is 41.6 Å². The van der Waals surface area contributed by atoms with E-state index in [-0.39, 0.29) is 0 Å². The fraction of sp³-hybridized carbons (Fsp3) is 1.00. The van der Waals surface area contributed by atoms with Gasteiger partial charge in [0.05, 0.1) is 0 Å². The molecule has 2 fully saturated rings. The minimum atomic E-state index is 0.330. The summed E-state index contributed by atoms with van der Waals surface area (Å²) >= 11 is 3.83. The van der Waals surface area contributed by atoms with Crippen LogP contribution in [0.5, 0.6) is 0 Å². The molecular weight excluding hydrogens is 300 g/mol. The molecule has 0 amide bonds. The fourth-order valence-corrected chi connectivity index (χ4v) is 4.50. The maximum atomic E-state index is 3.83. The molecule has 0 aromatic carbocycles. The van der Waals surface area contributed by atoms with Crippen LogP contribution in [0.25, 0.3) is 0 Å². The van der Waals surface area contributed by atoms with E-state index < -0.39 is 0 Å². The minimum Gasteiger partial charge on any atom is -0.300 e. The Morgan fingerprint density at radius 3 is 2.16 bits per heavy atom. The Hall–Kier alpha value is 0.400. The summed E-state index contributed by atoms with van der Waals surface area (Å²) in [6.07, 6.45) is 8.60. The lowest BCUT2D eigenvalue weighted by Crippen LogP contribution is -2.59. The van der Waals surface area contributed by atoms with Crippen molar-refractivity contribution in [2.75, 3.05) is 38.6 Å². The first-order valence-electron chi connectivity index (χ1n) is 7.97. The summed E-state index contributed by atoms with van der Waals surface area (Å²) in [5.41, 5.74) is 0.874. The predicted octanol–water partition coefficient (Wildman–Crippen LogP) is 3.75. The van der Waals surface area contributed by atoms with Crippen LogP contribution < -0.4 is 0 Å². The molecule has 0 spiro atoms. The predicted molar refractivity (Wildman–Crippen MR) is 87.1 cm³/mol. The third kappa shape index (κ3) is 3.95. The van der Waals surface area contributed by atoms with Gasteiger partial charge in [0.25, 0.3) is 0 Å². The quantitative estimate of drug-likeness (QED) is 0.574. The van der Waals surface area contributed by atoms with Gasteiger partial charge in [-0.2, -0.15) is 0 Å². The molecule has 0 aromatic rings. The number of halogens is 1. The van der Waals surface area contributed by atoms with Crippen LogP contribution >= 0.6 is 15.9 Å². The molecule has 0 atom stereocenters. The van der Waals surface area contributed by atoms with Crippen molar-refractivity contribution in [1.82, 2.24) is 9.80 Å². The topological polar surface area (TPSA) is 6.48 Å². The summed E-state index contributed by atoms with van der Waals surface area (Å²) in [6.45, 7) is 9.74. The molecule has 19 heavy (non-hydrogen) atoms. The molecule has 1 heterocycles. The highest BCUT2D eigenvalue weighted by Crippen LogP contribution is 2.38. The van der Waals surface area contributed by atoms with Gasteiger partial charge in [-0.15, -0.1) is 0 Å². The van der Waals surface area contributed by atoms with E-state index in [4.69, 9.17) is 0 Å². The zero-order chi connectivity index (χ0) is 13.9. The smallest absolute Gasteiger partial charge is 0.0277 e. The molecule has 0 unspecified atom stereocenters. The van der Waals surface area contributed by atoms with Crippen LogP contribution in [0.4, 0.5) is 0 Å². The lowest BCUT2D eigenvalue weighted by molar-refractivity contribution is 0.0170. The van der Waals surface area contributed by atoms with E-state index >= 15 is 0 Å². The first-order valence-corrected chi connectivity index (χ1v) is 9.09. The highest BCUT2D eigenvalue weighted by molar-refractivity contribution is 9.09. The maximum absolute atomic E-state index is 3.83. The van der Waals surface area contributed by atoms with Gasteiger partial charge in [0.1, 0.15) is 0 Å². The number of hydrogen-bond acceptors (Lipinski definition) is 2. The van der Waals surface area contributed by atoms with Crippen molar-refractivity contribution < 1.29 is 0 Å². The van der Waals surface area contributed by atoms with Crippen LogP contribution in [0, 0.1) is 5.41 Å². The molecule has 112 valence electrons. The Morgan fingerprint density at radius 2 is 1.63 bits per heavy atom. The van der Waals surface area contributed by atoms with Crippen LogP contribution in [0.2, 0.25) is 0 Å². The Kier molecular flexibility index (Phi) is 5.35. The highest BCUT2D eigenvalue weighted by atomic mass is 79.9. The zero-order valence-corrected chi connectivity index (χ0v) is 14.6. The van der Waals surface area contributed by atoms with Crippen LogP contribution in [0.1, 0.15) is 52.4 Å². The molecule has 2 aliphatic rings. The van der Waals surface area contributed by atoms with Crippen molar-refractivity contribution in [1.29, 1.82) is 0 Å². The largest absolute Gasteiger partial charge is 0.300 e. The normalized spacial score (nSPS) is 29.1. The van der Waals surface area contributed by atoms with E-state index in [1.165, 1.54) is 70.0 Å². The number of piperazine rings is 1. The summed E-state index contributed by atoms with van der Waals surface area (Å²) in [5, 5.41) is 1.19. The second kappa shape index (κ2) is 6.44. The monoisotopic (exact) mass is 330 g/mol. The summed E-state index contributed by atoms with van der Waals surface area (Å²) in [6, 6.07) is 0. The lowest BCUT2D eigenvalue weighted by atomic mass is 9.81. The molecule has 0 radical (unpaired) electrons. The average Bonchev–Trinajstić information content (AvgIpc) is 2.60. The second-order valence-corrected chi connectivity index (χ2v) is 8.05. The van der Waals surface area contributed by atoms with Crippen molar-refractivity contribution in [3.63, 3.8) is 0 Å². The number of alkyl halides is 1. The van der Waals surface area contributed by atoms with Gasteiger partial charge in [0, 0.05) is 37.0 Å². The Bertz CT molecular complexity index is 282. The molecule has 1 aliphatic carbocycles. The third-order valence-electron chi connectivity index (χ3n) is 5.40. The van der Waals surface area contributed by atoms with Crippen molar-refractivity contribution in [2.45, 2.75) is 57.9 Å². The maximum Gasteiger partial charge on any atom is 0.0277 e. The molecule has 1 saturated carbocycles. The first kappa shape index (κ1) is 15.8. The van der Waals surface area contributed by atoms with Crippen LogP contribution in [0.3, 0.4) is 0 Å². The van der Waals surface area contributed by atoms with Crippen LogP contribution in [-0.2, 0) is 0 Å². The van der Waals surface area contributed by atoms with Gasteiger partial charge < -0.3 is 0 Å². The summed E-state index contributed by atoms with van der Waals surface area (Å²) in [4.78, 5) is 5.24. The van der Waals surface area contributed by atoms with Crippen molar-refractivity contribution >= 4 is 15.9 Å². The molecule has 1 aliphatic heterocycles. The number of hydrogen-bond donors (Lipinski definition) is 0. The zero-order valence-electron chi connectivity index (χ0n) is 13.1. The molecule has 2 rings (SSSR count). The van der Waals surface area contributed by atoms with Gasteiger partial charge in [0.2, 0.25) is 0 Å². The summed E-state index contributed by atoms with van der Waals surface area (Å²) < 4.78 is 0. The molecule has 3 heteroatoms. The molecule has 0 aromatic heterocycles. The van der Waals surface area contributed by atoms with E-state index in [0.29, 0.717) is 11.0 Å². The van der Waals surface area contributed by atoms with E-state index in [9.17, 15) is 0 Å². The Morgan fingerprint density at radius 1 is 1.00 bits per heavy atom.